The van der Waals surface area contributed by atoms with Gasteiger partial charge in [0, 0.05) is 24.7 Å². The molecular formula is C12H13F3N2O. The molecule has 0 heterocycles. The monoisotopic (exact) mass is 258 g/mol. The zero-order chi connectivity index (χ0) is 13.3. The van der Waals surface area contributed by atoms with Gasteiger partial charge in [-0.05, 0) is 25.0 Å². The molecule has 0 aliphatic heterocycles. The molecule has 1 aromatic rings. The van der Waals surface area contributed by atoms with Crippen molar-refractivity contribution in [1.29, 1.82) is 0 Å². The molecule has 1 saturated carbocycles. The second-order valence-corrected chi connectivity index (χ2v) is 4.27. The number of carbonyl (C=O) groups excluding carboxylic acids is 1. The third-order valence-electron chi connectivity index (χ3n) is 2.85. The zero-order valence-corrected chi connectivity index (χ0v) is 9.63. The van der Waals surface area contributed by atoms with Gasteiger partial charge in [-0.25, -0.2) is 13.2 Å². The van der Waals surface area contributed by atoms with E-state index in [0.29, 0.717) is 18.7 Å². The van der Waals surface area contributed by atoms with Crippen LogP contribution in [0, 0.1) is 17.5 Å². The van der Waals surface area contributed by atoms with Gasteiger partial charge in [-0.2, -0.15) is 0 Å². The number of nitrogens with zero attached hydrogens (tertiary/aromatic N) is 1. The molecule has 1 aliphatic rings. The predicted octanol–water partition coefficient (Wildman–Crippen LogP) is 1.67. The lowest BCUT2D eigenvalue weighted by atomic mass is 10.1. The number of amides is 1. The summed E-state index contributed by atoms with van der Waals surface area (Å²) >= 11 is 0. The molecule has 0 spiro atoms. The Morgan fingerprint density at radius 2 is 1.83 bits per heavy atom. The minimum absolute atomic E-state index is 0.0808. The maximum Gasteiger partial charge on any atom is 0.254 e. The van der Waals surface area contributed by atoms with Gasteiger partial charge >= 0.3 is 0 Å². The Bertz CT molecular complexity index is 451. The van der Waals surface area contributed by atoms with Gasteiger partial charge in [0.1, 0.15) is 0 Å². The van der Waals surface area contributed by atoms with E-state index in [9.17, 15) is 18.0 Å². The van der Waals surface area contributed by atoms with Crippen molar-refractivity contribution in [3.63, 3.8) is 0 Å². The molecule has 1 amide bonds. The molecule has 0 aromatic heterocycles. The van der Waals surface area contributed by atoms with E-state index in [-0.39, 0.29) is 18.2 Å². The summed E-state index contributed by atoms with van der Waals surface area (Å²) in [4.78, 5) is 13.5. The lowest BCUT2D eigenvalue weighted by molar-refractivity contribution is 0.0747. The molecular weight excluding hydrogens is 245 g/mol. The maximum absolute atomic E-state index is 13.1. The van der Waals surface area contributed by atoms with Gasteiger partial charge in [0.05, 0.1) is 0 Å². The molecule has 0 radical (unpaired) electrons. The number of hydrogen-bond acceptors (Lipinski definition) is 2. The second-order valence-electron chi connectivity index (χ2n) is 4.27. The van der Waals surface area contributed by atoms with Crippen molar-refractivity contribution in [2.24, 2.45) is 5.73 Å². The van der Waals surface area contributed by atoms with Crippen LogP contribution in [-0.4, -0.2) is 29.9 Å². The molecule has 0 atom stereocenters. The summed E-state index contributed by atoms with van der Waals surface area (Å²) in [6, 6.07) is 1.51. The standard InChI is InChI=1S/C12H13F3N2O/c13-9-5-7(6-10(14)11(9)15)12(18)17(4-3-16)8-1-2-8/h5-6,8H,1-4,16H2. The average Bonchev–Trinajstić information content (AvgIpc) is 3.15. The van der Waals surface area contributed by atoms with Gasteiger partial charge in [-0.3, -0.25) is 4.79 Å². The lowest BCUT2D eigenvalue weighted by Gasteiger charge is -2.21. The summed E-state index contributed by atoms with van der Waals surface area (Å²) in [5, 5.41) is 0. The minimum atomic E-state index is -1.57. The topological polar surface area (TPSA) is 46.3 Å². The van der Waals surface area contributed by atoms with Gasteiger partial charge in [0.15, 0.2) is 17.5 Å². The number of nitrogens with two attached hydrogens (primary N) is 1. The van der Waals surface area contributed by atoms with E-state index in [1.165, 1.54) is 4.90 Å². The Kier molecular flexibility index (Phi) is 3.56. The van der Waals surface area contributed by atoms with Crippen LogP contribution in [0.5, 0.6) is 0 Å². The Morgan fingerprint density at radius 3 is 2.28 bits per heavy atom. The average molecular weight is 258 g/mol. The van der Waals surface area contributed by atoms with Crippen molar-refractivity contribution >= 4 is 5.91 Å². The van der Waals surface area contributed by atoms with Crippen LogP contribution in [0.2, 0.25) is 0 Å². The third-order valence-corrected chi connectivity index (χ3v) is 2.85. The second kappa shape index (κ2) is 4.97. The predicted molar refractivity (Wildman–Crippen MR) is 59.4 cm³/mol. The Hall–Kier alpha value is -1.56. The van der Waals surface area contributed by atoms with Crippen LogP contribution in [0.3, 0.4) is 0 Å². The number of benzene rings is 1. The first-order valence-electron chi connectivity index (χ1n) is 5.70. The van der Waals surface area contributed by atoms with Crippen molar-refractivity contribution < 1.29 is 18.0 Å². The fourth-order valence-corrected chi connectivity index (χ4v) is 1.82. The number of halogens is 3. The highest BCUT2D eigenvalue weighted by molar-refractivity contribution is 5.94. The number of carbonyl (C=O) groups is 1. The van der Waals surface area contributed by atoms with E-state index in [4.69, 9.17) is 5.73 Å². The maximum atomic E-state index is 13.1. The first-order valence-corrected chi connectivity index (χ1v) is 5.70. The highest BCUT2D eigenvalue weighted by Gasteiger charge is 2.33. The molecule has 6 heteroatoms. The van der Waals surface area contributed by atoms with E-state index in [1.54, 1.807) is 0 Å². The molecule has 3 nitrogen and oxygen atoms in total. The minimum Gasteiger partial charge on any atom is -0.334 e. The van der Waals surface area contributed by atoms with Crippen molar-refractivity contribution in [2.75, 3.05) is 13.1 Å². The largest absolute Gasteiger partial charge is 0.334 e. The van der Waals surface area contributed by atoms with Crippen LogP contribution in [0.1, 0.15) is 23.2 Å². The van der Waals surface area contributed by atoms with Crippen molar-refractivity contribution in [3.8, 4) is 0 Å². The highest BCUT2D eigenvalue weighted by Crippen LogP contribution is 2.28. The molecule has 0 unspecified atom stereocenters. The molecule has 2 rings (SSSR count). The van der Waals surface area contributed by atoms with Gasteiger partial charge in [-0.1, -0.05) is 0 Å². The van der Waals surface area contributed by atoms with Gasteiger partial charge < -0.3 is 10.6 Å². The lowest BCUT2D eigenvalue weighted by Crippen LogP contribution is -2.37. The van der Waals surface area contributed by atoms with Crippen LogP contribution >= 0.6 is 0 Å². The summed E-state index contributed by atoms with van der Waals surface area (Å²) in [5.41, 5.74) is 5.20. The SMILES string of the molecule is NCCN(C(=O)c1cc(F)c(F)c(F)c1)C1CC1. The molecule has 18 heavy (non-hydrogen) atoms. The van der Waals surface area contributed by atoms with Crippen LogP contribution in [-0.2, 0) is 0 Å². The van der Waals surface area contributed by atoms with E-state index in [0.717, 1.165) is 12.8 Å². The molecule has 0 bridgehead atoms. The smallest absolute Gasteiger partial charge is 0.254 e. The Labute approximate surface area is 102 Å². The Morgan fingerprint density at radius 1 is 1.28 bits per heavy atom. The first kappa shape index (κ1) is 12.9. The number of hydrogen-bond donors (Lipinski definition) is 1. The summed E-state index contributed by atoms with van der Waals surface area (Å²) in [7, 11) is 0. The molecule has 0 saturated heterocycles. The fourth-order valence-electron chi connectivity index (χ4n) is 1.82. The van der Waals surface area contributed by atoms with Crippen LogP contribution in [0.4, 0.5) is 13.2 Å². The molecule has 98 valence electrons. The summed E-state index contributed by atoms with van der Waals surface area (Å²) in [5.74, 6) is -4.80. The van der Waals surface area contributed by atoms with Crippen LogP contribution < -0.4 is 5.73 Å². The van der Waals surface area contributed by atoms with Crippen LogP contribution in [0.15, 0.2) is 12.1 Å². The molecule has 1 aliphatic carbocycles. The van der Waals surface area contributed by atoms with Gasteiger partial charge in [-0.15, -0.1) is 0 Å². The van der Waals surface area contributed by atoms with Crippen molar-refractivity contribution in [2.45, 2.75) is 18.9 Å². The molecule has 1 fully saturated rings. The van der Waals surface area contributed by atoms with Crippen molar-refractivity contribution in [1.82, 2.24) is 4.90 Å². The quantitative estimate of drug-likeness (QED) is 0.835. The van der Waals surface area contributed by atoms with Gasteiger partial charge in [0.2, 0.25) is 0 Å². The highest BCUT2D eigenvalue weighted by atomic mass is 19.2. The van der Waals surface area contributed by atoms with E-state index in [1.807, 2.05) is 0 Å². The summed E-state index contributed by atoms with van der Waals surface area (Å²) < 4.78 is 38.9. The van der Waals surface area contributed by atoms with Crippen molar-refractivity contribution in [3.05, 3.63) is 35.1 Å². The van der Waals surface area contributed by atoms with E-state index in [2.05, 4.69) is 0 Å². The zero-order valence-electron chi connectivity index (χ0n) is 9.63. The third kappa shape index (κ3) is 2.48. The normalized spacial score (nSPS) is 14.7. The molecule has 2 N–H and O–H groups in total. The first-order chi connectivity index (χ1) is 8.54. The van der Waals surface area contributed by atoms with Crippen LogP contribution in [0.25, 0.3) is 0 Å². The number of rotatable bonds is 4. The molecule has 1 aromatic carbocycles. The van der Waals surface area contributed by atoms with E-state index >= 15 is 0 Å². The van der Waals surface area contributed by atoms with Gasteiger partial charge in [0.25, 0.3) is 5.91 Å². The Balaban J connectivity index is 2.26. The van der Waals surface area contributed by atoms with E-state index < -0.39 is 23.4 Å². The fraction of sp³-hybridized carbons (Fsp3) is 0.417. The summed E-state index contributed by atoms with van der Waals surface area (Å²) in [6.07, 6.45) is 1.72. The summed E-state index contributed by atoms with van der Waals surface area (Å²) in [6.45, 7) is 0.596.